The van der Waals surface area contributed by atoms with Crippen LogP contribution in [0.15, 0.2) is 49.1 Å². The topological polar surface area (TPSA) is 77.1 Å². The Hall–Kier alpha value is -3.55. The van der Waals surface area contributed by atoms with Crippen LogP contribution in [0.25, 0.3) is 16.9 Å². The van der Waals surface area contributed by atoms with Gasteiger partial charge in [-0.15, -0.1) is 0 Å². The molecule has 1 amide bonds. The minimum Gasteiger partial charge on any atom is -0.322 e. The van der Waals surface area contributed by atoms with Crippen LogP contribution in [0.2, 0.25) is 0 Å². The molecule has 0 saturated heterocycles. The van der Waals surface area contributed by atoms with E-state index in [2.05, 4.69) is 20.5 Å². The fourth-order valence-electron chi connectivity index (χ4n) is 2.69. The van der Waals surface area contributed by atoms with E-state index in [4.69, 9.17) is 0 Å². The molecule has 1 N–H and O–H groups in total. The second-order valence-electron chi connectivity index (χ2n) is 5.96. The first-order chi connectivity index (χ1) is 12.5. The zero-order chi connectivity index (χ0) is 18.3. The number of hydrogen-bond donors (Lipinski definition) is 1. The van der Waals surface area contributed by atoms with Gasteiger partial charge < -0.3 is 5.32 Å². The molecule has 0 atom stereocenters. The van der Waals surface area contributed by atoms with Crippen LogP contribution in [0.1, 0.15) is 15.9 Å². The summed E-state index contributed by atoms with van der Waals surface area (Å²) in [6.07, 6.45) is 4.26. The van der Waals surface area contributed by atoms with Crippen molar-refractivity contribution in [2.75, 3.05) is 5.32 Å². The van der Waals surface area contributed by atoms with Gasteiger partial charge in [0, 0.05) is 18.3 Å². The zero-order valence-corrected chi connectivity index (χ0v) is 14.1. The highest BCUT2D eigenvalue weighted by atomic mass is 19.1. The molecule has 0 aliphatic carbocycles. The van der Waals surface area contributed by atoms with Gasteiger partial charge in [0.2, 0.25) is 0 Å². The molecule has 0 saturated carbocycles. The molecule has 0 spiro atoms. The van der Waals surface area contributed by atoms with Crippen LogP contribution in [0, 0.1) is 12.7 Å². The Kier molecular flexibility index (Phi) is 3.72. The number of benzene rings is 1. The zero-order valence-electron chi connectivity index (χ0n) is 14.1. The number of pyridine rings is 1. The summed E-state index contributed by atoms with van der Waals surface area (Å²) in [6, 6.07) is 8.45. The van der Waals surface area contributed by atoms with Crippen LogP contribution in [0.5, 0.6) is 0 Å². The molecule has 26 heavy (non-hydrogen) atoms. The molecule has 0 aliphatic rings. The van der Waals surface area contributed by atoms with E-state index in [1.165, 1.54) is 29.0 Å². The van der Waals surface area contributed by atoms with Gasteiger partial charge in [0.1, 0.15) is 12.1 Å². The normalized spacial score (nSPS) is 11.0. The maximum Gasteiger partial charge on any atom is 0.259 e. The summed E-state index contributed by atoms with van der Waals surface area (Å²) in [5.41, 5.74) is 3.25. The summed E-state index contributed by atoms with van der Waals surface area (Å²) in [5.74, 6) is -0.158. The third kappa shape index (κ3) is 2.81. The smallest absolute Gasteiger partial charge is 0.259 e. The molecule has 4 aromatic rings. The third-order valence-corrected chi connectivity index (χ3v) is 4.07. The lowest BCUT2D eigenvalue weighted by molar-refractivity contribution is 0.102. The molecule has 8 heteroatoms. The first kappa shape index (κ1) is 15.9. The standard InChI is InChI=1S/C18H15FN6O/c1-11-3-4-12(17-20-10-24(2)23-17)7-15(11)22-18(26)14-8-21-25-9-13(19)5-6-16(14)25/h3-10H,1-2H3,(H,22,26). The molecule has 0 bridgehead atoms. The maximum absolute atomic E-state index is 13.3. The Morgan fingerprint density at radius 1 is 1.23 bits per heavy atom. The van der Waals surface area contributed by atoms with Crippen molar-refractivity contribution >= 4 is 17.1 Å². The highest BCUT2D eigenvalue weighted by Crippen LogP contribution is 2.24. The van der Waals surface area contributed by atoms with Crippen molar-refractivity contribution in [3.63, 3.8) is 0 Å². The van der Waals surface area contributed by atoms with Crippen LogP contribution in [-0.2, 0) is 7.05 Å². The first-order valence-corrected chi connectivity index (χ1v) is 7.92. The van der Waals surface area contributed by atoms with Gasteiger partial charge in [0.05, 0.1) is 23.5 Å². The Balaban J connectivity index is 1.66. The maximum atomic E-state index is 13.3. The summed E-state index contributed by atoms with van der Waals surface area (Å²) in [5, 5.41) is 11.2. The van der Waals surface area contributed by atoms with Crippen molar-refractivity contribution in [2.24, 2.45) is 7.05 Å². The van der Waals surface area contributed by atoms with E-state index in [0.29, 0.717) is 22.6 Å². The summed E-state index contributed by atoms with van der Waals surface area (Å²) >= 11 is 0. The molecule has 0 fully saturated rings. The predicted octanol–water partition coefficient (Wildman–Crippen LogP) is 2.83. The average Bonchev–Trinajstić information content (AvgIpc) is 3.22. The number of halogens is 1. The minimum absolute atomic E-state index is 0.319. The Morgan fingerprint density at radius 2 is 2.08 bits per heavy atom. The lowest BCUT2D eigenvalue weighted by atomic mass is 10.1. The first-order valence-electron chi connectivity index (χ1n) is 7.92. The van der Waals surface area contributed by atoms with E-state index in [-0.39, 0.29) is 5.91 Å². The van der Waals surface area contributed by atoms with Gasteiger partial charge in [-0.3, -0.25) is 9.48 Å². The molecule has 3 aromatic heterocycles. The Bertz CT molecular complexity index is 1130. The number of aryl methyl sites for hydroxylation is 2. The number of rotatable bonds is 3. The summed E-state index contributed by atoms with van der Waals surface area (Å²) in [6.45, 7) is 1.90. The largest absolute Gasteiger partial charge is 0.322 e. The number of carbonyl (C=O) groups is 1. The number of aromatic nitrogens is 5. The summed E-state index contributed by atoms with van der Waals surface area (Å²) in [4.78, 5) is 16.9. The van der Waals surface area contributed by atoms with Crippen LogP contribution in [0.3, 0.4) is 0 Å². The van der Waals surface area contributed by atoms with Crippen molar-refractivity contribution in [1.29, 1.82) is 0 Å². The lowest BCUT2D eigenvalue weighted by Crippen LogP contribution is -2.12. The van der Waals surface area contributed by atoms with E-state index in [9.17, 15) is 9.18 Å². The molecular formula is C18H15FN6O. The van der Waals surface area contributed by atoms with Crippen molar-refractivity contribution < 1.29 is 9.18 Å². The molecule has 7 nitrogen and oxygen atoms in total. The third-order valence-electron chi connectivity index (χ3n) is 4.07. The Morgan fingerprint density at radius 3 is 2.85 bits per heavy atom. The second-order valence-corrected chi connectivity index (χ2v) is 5.96. The number of hydrogen-bond acceptors (Lipinski definition) is 4. The number of nitrogens with zero attached hydrogens (tertiary/aromatic N) is 5. The fraction of sp³-hybridized carbons (Fsp3) is 0.111. The van der Waals surface area contributed by atoms with E-state index in [0.717, 1.165) is 11.1 Å². The van der Waals surface area contributed by atoms with Crippen molar-refractivity contribution in [3.8, 4) is 11.4 Å². The van der Waals surface area contributed by atoms with Gasteiger partial charge in [-0.1, -0.05) is 12.1 Å². The van der Waals surface area contributed by atoms with E-state index in [1.54, 1.807) is 18.1 Å². The molecule has 4 rings (SSSR count). The summed E-state index contributed by atoms with van der Waals surface area (Å²) < 4.78 is 16.2. The van der Waals surface area contributed by atoms with Gasteiger partial charge in [-0.05, 0) is 30.7 Å². The molecule has 130 valence electrons. The van der Waals surface area contributed by atoms with Crippen molar-refractivity contribution in [2.45, 2.75) is 6.92 Å². The number of fused-ring (bicyclic) bond motifs is 1. The molecule has 1 aromatic carbocycles. The molecular weight excluding hydrogens is 335 g/mol. The number of carbonyl (C=O) groups excluding carboxylic acids is 1. The Labute approximate surface area is 148 Å². The minimum atomic E-state index is -0.418. The van der Waals surface area contributed by atoms with Crippen LogP contribution in [0.4, 0.5) is 10.1 Å². The fourth-order valence-corrected chi connectivity index (χ4v) is 2.69. The second kappa shape index (κ2) is 6.07. The predicted molar refractivity (Wildman–Crippen MR) is 94.3 cm³/mol. The highest BCUT2D eigenvalue weighted by Gasteiger charge is 2.15. The highest BCUT2D eigenvalue weighted by molar-refractivity contribution is 6.09. The number of amides is 1. The summed E-state index contributed by atoms with van der Waals surface area (Å²) in [7, 11) is 1.79. The SMILES string of the molecule is Cc1ccc(-c2ncn(C)n2)cc1NC(=O)c1cnn2cc(F)ccc12. The van der Waals surface area contributed by atoms with Gasteiger partial charge >= 0.3 is 0 Å². The van der Waals surface area contributed by atoms with E-state index >= 15 is 0 Å². The van der Waals surface area contributed by atoms with Crippen LogP contribution >= 0.6 is 0 Å². The number of nitrogens with one attached hydrogen (secondary N) is 1. The van der Waals surface area contributed by atoms with Gasteiger partial charge in [0.25, 0.3) is 5.91 Å². The molecule has 3 heterocycles. The van der Waals surface area contributed by atoms with Crippen molar-refractivity contribution in [1.82, 2.24) is 24.4 Å². The lowest BCUT2D eigenvalue weighted by Gasteiger charge is -2.09. The van der Waals surface area contributed by atoms with Gasteiger partial charge in [0.15, 0.2) is 5.82 Å². The number of anilines is 1. The van der Waals surface area contributed by atoms with Crippen LogP contribution in [-0.4, -0.2) is 30.3 Å². The van der Waals surface area contributed by atoms with Crippen LogP contribution < -0.4 is 5.32 Å². The van der Waals surface area contributed by atoms with E-state index < -0.39 is 5.82 Å². The monoisotopic (exact) mass is 350 g/mol. The van der Waals surface area contributed by atoms with Gasteiger partial charge in [-0.2, -0.15) is 10.2 Å². The molecule has 0 radical (unpaired) electrons. The van der Waals surface area contributed by atoms with Crippen molar-refractivity contribution in [3.05, 3.63) is 66.0 Å². The molecule has 0 unspecified atom stereocenters. The quantitative estimate of drug-likeness (QED) is 0.616. The van der Waals surface area contributed by atoms with Gasteiger partial charge in [-0.25, -0.2) is 13.9 Å². The molecule has 0 aliphatic heterocycles. The average molecular weight is 350 g/mol. The van der Waals surface area contributed by atoms with E-state index in [1.807, 2.05) is 25.1 Å².